The van der Waals surface area contributed by atoms with Crippen molar-refractivity contribution in [2.45, 2.75) is 139 Å². The van der Waals surface area contributed by atoms with Gasteiger partial charge in [0.2, 0.25) is 0 Å². The third kappa shape index (κ3) is 19.3. The minimum Gasteiger partial charge on any atom is -0.385 e. The summed E-state index contributed by atoms with van der Waals surface area (Å²) < 4.78 is 0. The number of aromatic nitrogens is 3. The molecule has 4 aliphatic rings. The molecule has 4 aliphatic carbocycles. The summed E-state index contributed by atoms with van der Waals surface area (Å²) in [5.74, 6) is 3.38. The van der Waals surface area contributed by atoms with Crippen molar-refractivity contribution in [3.63, 3.8) is 0 Å². The lowest BCUT2D eigenvalue weighted by molar-refractivity contribution is -0.121. The van der Waals surface area contributed by atoms with E-state index in [1.165, 1.54) is 51.8 Å². The number of Topliss-reactive ketones (excluding diaryl/α,β-unsaturated/α-hetero) is 1. The van der Waals surface area contributed by atoms with Gasteiger partial charge in [0.05, 0.1) is 5.60 Å². The molecule has 0 aliphatic heterocycles. The minimum absolute atomic E-state index is 0.435. The number of rotatable bonds is 16. The van der Waals surface area contributed by atoms with Crippen molar-refractivity contribution in [3.8, 4) is 0 Å². The quantitative estimate of drug-likeness (QED) is 0.0964. The van der Waals surface area contributed by atoms with Gasteiger partial charge in [0.15, 0.2) is 0 Å². The summed E-state index contributed by atoms with van der Waals surface area (Å²) in [4.78, 5) is 37.7. The van der Waals surface area contributed by atoms with Crippen molar-refractivity contribution in [1.29, 1.82) is 0 Å². The van der Waals surface area contributed by atoms with Gasteiger partial charge in [0.1, 0.15) is 23.2 Å². The molecule has 10 rings (SSSR count). The van der Waals surface area contributed by atoms with E-state index in [2.05, 4.69) is 182 Å². The fourth-order valence-electron chi connectivity index (χ4n) is 11.7. The van der Waals surface area contributed by atoms with Crippen LogP contribution in [-0.4, -0.2) is 135 Å². The molecule has 3 heterocycles. The zero-order chi connectivity index (χ0) is 58.4. The Kier molecular flexibility index (Phi) is 24.4. The lowest BCUT2D eigenvalue weighted by atomic mass is 9.77. The molecule has 2 fully saturated rings. The van der Waals surface area contributed by atoms with Gasteiger partial charge in [-0.3, -0.25) is 19.5 Å². The zero-order valence-corrected chi connectivity index (χ0v) is 51.2. The standard InChI is InChI=1S/C21H29N3O.C21H27N3.C14H21N3.C14H19NO/c1-23(2)20-15-18(11-14-22-20)21(25)12-9-19(10-13-21)24(3)16-17-7-5-4-6-8-17;1-23(2)21-15-19(13-14-22-21)18-9-11-20(12-10-18)24(3)16-17-7-5-4-6-8-17;1-15-13-6-4-11(5-7-13)12-8-9-16-14(10-12)17(2)3;1-15(11-12-5-3-2-4-6-12)13-7-9-14(16)10-8-13/h4-8,11,14-15,19,25H,9-10,12-13,16H2,1-3H3;4-9,13-15,20H,10-12,16H2,1-3H3;4,8-10,13,15H,5-7H2,1-3H3;2-6,13H,7-11H2,1H3. The third-order valence-corrected chi connectivity index (χ3v) is 17.1. The van der Waals surface area contributed by atoms with E-state index in [0.29, 0.717) is 30.0 Å². The first kappa shape index (κ1) is 63.0. The maximum absolute atomic E-state index is 11.2. The van der Waals surface area contributed by atoms with Crippen LogP contribution in [0, 0.1) is 0 Å². The van der Waals surface area contributed by atoms with Crippen LogP contribution in [0.1, 0.15) is 123 Å². The molecule has 12 heteroatoms. The fraction of sp³-hybridized carbons (Fsp3) is 0.457. The topological polar surface area (TPSA) is 107 Å². The van der Waals surface area contributed by atoms with Crippen molar-refractivity contribution in [2.24, 2.45) is 0 Å². The number of nitrogens with zero attached hydrogens (tertiary/aromatic N) is 9. The van der Waals surface area contributed by atoms with Gasteiger partial charge in [0, 0.05) is 118 Å². The van der Waals surface area contributed by atoms with Gasteiger partial charge >= 0.3 is 0 Å². The van der Waals surface area contributed by atoms with Crippen LogP contribution >= 0.6 is 0 Å². The molecule has 0 radical (unpaired) electrons. The Labute approximate surface area is 493 Å². The van der Waals surface area contributed by atoms with Crippen molar-refractivity contribution in [3.05, 3.63) is 192 Å². The van der Waals surface area contributed by atoms with Gasteiger partial charge in [-0.25, -0.2) is 15.0 Å². The van der Waals surface area contributed by atoms with Crippen LogP contribution in [0.4, 0.5) is 17.5 Å². The molecular weight excluding hydrogens is 1010 g/mol. The number of carbonyl (C=O) groups is 1. The minimum atomic E-state index is -0.724. The van der Waals surface area contributed by atoms with E-state index < -0.39 is 5.60 Å². The molecule has 438 valence electrons. The molecule has 3 aromatic heterocycles. The van der Waals surface area contributed by atoms with Crippen LogP contribution in [-0.2, 0) is 30.0 Å². The predicted octanol–water partition coefficient (Wildman–Crippen LogP) is 12.6. The summed E-state index contributed by atoms with van der Waals surface area (Å²) in [7, 11) is 20.7. The SMILES string of the molecule is CN(C)c1cc(C2(O)CCC(N(C)Cc3ccccc3)CC2)ccn1.CN(C)c1cc(C2=CCC(N(C)Cc3ccccc3)CC2)ccn1.CN(Cc1ccccc1)C1CCC(=O)CC1.CNC1CC=C(c2ccnc(N(C)C)c2)CC1. The highest BCUT2D eigenvalue weighted by Gasteiger charge is 2.36. The maximum Gasteiger partial charge on any atom is 0.133 e. The summed E-state index contributed by atoms with van der Waals surface area (Å²) in [5.41, 5.74) is 9.91. The largest absolute Gasteiger partial charge is 0.385 e. The number of nitrogens with one attached hydrogen (secondary N) is 1. The average molecular weight is 1110 g/mol. The number of hydrogen-bond donors (Lipinski definition) is 2. The number of benzene rings is 3. The van der Waals surface area contributed by atoms with E-state index in [4.69, 9.17) is 0 Å². The van der Waals surface area contributed by atoms with Crippen molar-refractivity contribution < 1.29 is 9.90 Å². The molecule has 0 amide bonds. The molecule has 0 spiro atoms. The second kappa shape index (κ2) is 31.8. The lowest BCUT2D eigenvalue weighted by Gasteiger charge is -2.40. The Balaban J connectivity index is 0.000000160. The summed E-state index contributed by atoms with van der Waals surface area (Å²) in [6.45, 7) is 2.97. The molecule has 2 unspecified atom stereocenters. The first-order chi connectivity index (χ1) is 39.6. The van der Waals surface area contributed by atoms with E-state index in [9.17, 15) is 9.90 Å². The number of aliphatic hydroxyl groups is 1. The van der Waals surface area contributed by atoms with Gasteiger partial charge in [-0.2, -0.15) is 0 Å². The van der Waals surface area contributed by atoms with Gasteiger partial charge in [0.25, 0.3) is 0 Å². The van der Waals surface area contributed by atoms with E-state index in [0.717, 1.165) is 120 Å². The first-order valence-corrected chi connectivity index (χ1v) is 30.0. The van der Waals surface area contributed by atoms with E-state index in [1.54, 1.807) is 6.20 Å². The Hall–Kier alpha value is -6.54. The average Bonchev–Trinajstić information content (AvgIpc) is 3.57. The van der Waals surface area contributed by atoms with Crippen molar-refractivity contribution >= 4 is 34.4 Å². The summed E-state index contributed by atoms with van der Waals surface area (Å²) in [6, 6.07) is 46.8. The van der Waals surface area contributed by atoms with Crippen LogP contribution in [0.5, 0.6) is 0 Å². The second-order valence-electron chi connectivity index (χ2n) is 23.8. The number of allylic oxidation sites excluding steroid dienone is 2. The third-order valence-electron chi connectivity index (χ3n) is 17.1. The highest BCUT2D eigenvalue weighted by atomic mass is 16.3. The number of ketones is 1. The van der Waals surface area contributed by atoms with E-state index in [-0.39, 0.29) is 0 Å². The fourth-order valence-corrected chi connectivity index (χ4v) is 11.7. The van der Waals surface area contributed by atoms with Crippen LogP contribution < -0.4 is 20.0 Å². The van der Waals surface area contributed by atoms with Gasteiger partial charge < -0.3 is 25.1 Å². The van der Waals surface area contributed by atoms with Crippen LogP contribution in [0.3, 0.4) is 0 Å². The monoisotopic (exact) mass is 1110 g/mol. The molecule has 2 saturated carbocycles. The Morgan fingerprint density at radius 1 is 0.476 bits per heavy atom. The molecule has 2 atom stereocenters. The molecule has 12 nitrogen and oxygen atoms in total. The highest BCUT2D eigenvalue weighted by Crippen LogP contribution is 2.39. The molecular formula is C70H96N10O2. The maximum atomic E-state index is 11.2. The number of anilines is 3. The molecule has 0 bridgehead atoms. The first-order valence-electron chi connectivity index (χ1n) is 30.0. The predicted molar refractivity (Wildman–Crippen MR) is 343 cm³/mol. The van der Waals surface area contributed by atoms with Crippen molar-refractivity contribution in [1.82, 2.24) is 35.0 Å². The van der Waals surface area contributed by atoms with Gasteiger partial charge in [-0.05, 0) is 186 Å². The van der Waals surface area contributed by atoms with Crippen LogP contribution in [0.2, 0.25) is 0 Å². The Morgan fingerprint density at radius 2 is 0.866 bits per heavy atom. The molecule has 2 N–H and O–H groups in total. The normalized spacial score (nSPS) is 20.0. The zero-order valence-electron chi connectivity index (χ0n) is 51.2. The molecule has 82 heavy (non-hydrogen) atoms. The van der Waals surface area contributed by atoms with Crippen LogP contribution in [0.15, 0.2) is 158 Å². The number of carbonyl (C=O) groups excluding carboxylic acids is 1. The Morgan fingerprint density at radius 3 is 1.27 bits per heavy atom. The molecule has 0 saturated heterocycles. The molecule has 3 aromatic carbocycles. The van der Waals surface area contributed by atoms with Gasteiger partial charge in [-0.1, -0.05) is 103 Å². The van der Waals surface area contributed by atoms with Crippen molar-refractivity contribution in [2.75, 3.05) is 85.2 Å². The lowest BCUT2D eigenvalue weighted by Crippen LogP contribution is -2.40. The highest BCUT2D eigenvalue weighted by molar-refractivity contribution is 5.79. The number of pyridine rings is 3. The molecule has 6 aromatic rings. The summed E-state index contributed by atoms with van der Waals surface area (Å²) >= 11 is 0. The van der Waals surface area contributed by atoms with Crippen LogP contribution in [0.25, 0.3) is 11.1 Å². The smallest absolute Gasteiger partial charge is 0.133 e. The van der Waals surface area contributed by atoms with E-state index >= 15 is 0 Å². The summed E-state index contributed by atoms with van der Waals surface area (Å²) in [5, 5.41) is 14.5. The summed E-state index contributed by atoms with van der Waals surface area (Å²) in [6.07, 6.45) is 24.6. The second-order valence-corrected chi connectivity index (χ2v) is 23.8. The van der Waals surface area contributed by atoms with E-state index in [1.807, 2.05) is 89.7 Å². The Bertz CT molecular complexity index is 2890. The van der Waals surface area contributed by atoms with Gasteiger partial charge in [-0.15, -0.1) is 0 Å². The number of hydrogen-bond acceptors (Lipinski definition) is 12.